The van der Waals surface area contributed by atoms with Gasteiger partial charge in [0.1, 0.15) is 6.61 Å². The summed E-state index contributed by atoms with van der Waals surface area (Å²) in [5, 5.41) is 5.12. The summed E-state index contributed by atoms with van der Waals surface area (Å²) in [6.45, 7) is -1.20. The minimum atomic E-state index is -3.02. The van der Waals surface area contributed by atoms with Gasteiger partial charge < -0.3 is 29.6 Å². The Hall–Kier alpha value is -2.88. The number of hydrogen-bond donors (Lipinski definition) is 2. The maximum absolute atomic E-state index is 12.5. The summed E-state index contributed by atoms with van der Waals surface area (Å²) < 4.78 is 44.4. The Morgan fingerprint density at radius 2 is 1.96 bits per heavy atom. The van der Waals surface area contributed by atoms with Gasteiger partial charge in [0.05, 0.1) is 25.3 Å². The highest BCUT2D eigenvalue weighted by atomic mass is 19.3. The Kier molecular flexibility index (Phi) is 6.94. The summed E-state index contributed by atoms with van der Waals surface area (Å²) in [6, 6.07) is 2.76. The van der Waals surface area contributed by atoms with E-state index in [-0.39, 0.29) is 30.3 Å². The van der Waals surface area contributed by atoms with E-state index in [9.17, 15) is 18.4 Å². The van der Waals surface area contributed by atoms with Crippen molar-refractivity contribution >= 4 is 12.0 Å². The Balaban J connectivity index is 2.36. The van der Waals surface area contributed by atoms with Gasteiger partial charge in [-0.2, -0.15) is 8.78 Å². The first-order valence-corrected chi connectivity index (χ1v) is 7.94. The number of alkyl halides is 2. The van der Waals surface area contributed by atoms with Gasteiger partial charge in [-0.1, -0.05) is 6.07 Å². The van der Waals surface area contributed by atoms with Crippen molar-refractivity contribution in [1.29, 1.82) is 0 Å². The second-order valence-corrected chi connectivity index (χ2v) is 5.49. The normalized spacial score (nSPS) is 16.7. The third-order valence-corrected chi connectivity index (χ3v) is 3.75. The van der Waals surface area contributed by atoms with Crippen molar-refractivity contribution in [2.75, 3.05) is 27.4 Å². The average Bonchev–Trinajstić information content (AvgIpc) is 2.61. The zero-order valence-corrected chi connectivity index (χ0v) is 15.0. The van der Waals surface area contributed by atoms with Gasteiger partial charge >= 0.3 is 18.6 Å². The smallest absolute Gasteiger partial charge is 0.387 e. The predicted molar refractivity (Wildman–Crippen MR) is 89.6 cm³/mol. The molecule has 1 aromatic rings. The molecule has 1 aliphatic rings. The molecule has 0 unspecified atom stereocenters. The molecule has 1 aromatic carbocycles. The van der Waals surface area contributed by atoms with E-state index in [1.165, 1.54) is 32.4 Å². The lowest BCUT2D eigenvalue weighted by molar-refractivity contribution is -0.140. The van der Waals surface area contributed by atoms with Gasteiger partial charge in [-0.15, -0.1) is 0 Å². The van der Waals surface area contributed by atoms with Crippen LogP contribution in [0.25, 0.3) is 0 Å². The molecule has 0 saturated carbocycles. The number of carbonyl (C=O) groups excluding carboxylic acids is 2. The highest BCUT2D eigenvalue weighted by Gasteiger charge is 2.32. The fourth-order valence-corrected chi connectivity index (χ4v) is 2.57. The monoisotopic (exact) mass is 386 g/mol. The number of rotatable bonds is 8. The van der Waals surface area contributed by atoms with Crippen LogP contribution in [0.2, 0.25) is 0 Å². The summed E-state index contributed by atoms with van der Waals surface area (Å²) in [5.41, 5.74) is 0.926. The zero-order chi connectivity index (χ0) is 20.0. The van der Waals surface area contributed by atoms with Gasteiger partial charge in [0, 0.05) is 12.8 Å². The van der Waals surface area contributed by atoms with E-state index in [1.807, 2.05) is 0 Å². The van der Waals surface area contributed by atoms with Crippen molar-refractivity contribution in [2.45, 2.75) is 19.6 Å². The summed E-state index contributed by atoms with van der Waals surface area (Å²) in [6.07, 6.45) is 0. The van der Waals surface area contributed by atoms with Crippen molar-refractivity contribution < 1.29 is 37.3 Å². The van der Waals surface area contributed by atoms with E-state index in [4.69, 9.17) is 14.2 Å². The van der Waals surface area contributed by atoms with Gasteiger partial charge in [0.2, 0.25) is 0 Å². The van der Waals surface area contributed by atoms with E-state index in [1.54, 1.807) is 6.92 Å². The Bertz CT molecular complexity index is 738. The van der Waals surface area contributed by atoms with Crippen molar-refractivity contribution in [3.63, 3.8) is 0 Å². The number of allylic oxidation sites excluding steroid dienone is 1. The Morgan fingerprint density at radius 1 is 1.22 bits per heavy atom. The molecule has 0 fully saturated rings. The van der Waals surface area contributed by atoms with Crippen LogP contribution in [0.3, 0.4) is 0 Å². The molecule has 0 bridgehead atoms. The fraction of sp³-hybridized carbons (Fsp3) is 0.412. The van der Waals surface area contributed by atoms with Crippen molar-refractivity contribution in [1.82, 2.24) is 10.6 Å². The summed E-state index contributed by atoms with van der Waals surface area (Å²) in [4.78, 5) is 24.3. The molecule has 0 aromatic heterocycles. The minimum absolute atomic E-state index is 0.0327. The van der Waals surface area contributed by atoms with Crippen LogP contribution in [0.5, 0.6) is 11.5 Å². The molecule has 0 spiro atoms. The molecule has 0 radical (unpaired) electrons. The Labute approximate surface area is 154 Å². The quantitative estimate of drug-likeness (QED) is 0.525. The van der Waals surface area contributed by atoms with Crippen LogP contribution < -0.4 is 20.1 Å². The van der Waals surface area contributed by atoms with Crippen LogP contribution in [0.4, 0.5) is 13.6 Å². The SMILES string of the molecule is COCCOC(=O)C1=C(C)NC(=O)N[C@@H]1c1ccc(OC(F)F)c(OC)c1. The number of benzene rings is 1. The van der Waals surface area contributed by atoms with Crippen molar-refractivity contribution in [3.8, 4) is 11.5 Å². The van der Waals surface area contributed by atoms with Crippen molar-refractivity contribution in [3.05, 3.63) is 35.0 Å². The summed E-state index contributed by atoms with van der Waals surface area (Å²) in [5.74, 6) is -0.777. The van der Waals surface area contributed by atoms with Gasteiger partial charge in [-0.3, -0.25) is 0 Å². The first-order valence-electron chi connectivity index (χ1n) is 7.94. The number of urea groups is 1. The lowest BCUT2D eigenvalue weighted by Gasteiger charge is -2.28. The van der Waals surface area contributed by atoms with Crippen molar-refractivity contribution in [2.24, 2.45) is 0 Å². The van der Waals surface area contributed by atoms with E-state index in [0.29, 0.717) is 11.3 Å². The maximum Gasteiger partial charge on any atom is 0.387 e. The fourth-order valence-electron chi connectivity index (χ4n) is 2.57. The molecular weight excluding hydrogens is 366 g/mol. The van der Waals surface area contributed by atoms with Gasteiger partial charge in [-0.05, 0) is 24.6 Å². The highest BCUT2D eigenvalue weighted by Crippen LogP contribution is 2.35. The molecule has 0 saturated heterocycles. The highest BCUT2D eigenvalue weighted by molar-refractivity contribution is 5.95. The number of methoxy groups -OCH3 is 2. The second-order valence-electron chi connectivity index (χ2n) is 5.49. The molecule has 10 heteroatoms. The number of nitrogens with one attached hydrogen (secondary N) is 2. The molecule has 1 atom stereocenters. The molecule has 2 rings (SSSR count). The van der Waals surface area contributed by atoms with E-state index < -0.39 is 24.7 Å². The Morgan fingerprint density at radius 3 is 2.59 bits per heavy atom. The van der Waals surface area contributed by atoms with Crippen LogP contribution in [-0.2, 0) is 14.3 Å². The number of carbonyl (C=O) groups is 2. The molecule has 8 nitrogen and oxygen atoms in total. The predicted octanol–water partition coefficient (Wildman–Crippen LogP) is 2.11. The summed E-state index contributed by atoms with van der Waals surface area (Å²) in [7, 11) is 2.76. The molecule has 2 N–H and O–H groups in total. The summed E-state index contributed by atoms with van der Waals surface area (Å²) >= 11 is 0. The van der Waals surface area contributed by atoms with Crippen LogP contribution in [0, 0.1) is 0 Å². The minimum Gasteiger partial charge on any atom is -0.493 e. The maximum atomic E-state index is 12.5. The average molecular weight is 386 g/mol. The third kappa shape index (κ3) is 5.07. The van der Waals surface area contributed by atoms with Crippen LogP contribution in [0.1, 0.15) is 18.5 Å². The molecular formula is C17H20F2N2O6. The first-order chi connectivity index (χ1) is 12.9. The van der Waals surface area contributed by atoms with E-state index in [2.05, 4.69) is 15.4 Å². The molecule has 1 aliphatic heterocycles. The van der Waals surface area contributed by atoms with E-state index >= 15 is 0 Å². The molecule has 2 amide bonds. The van der Waals surface area contributed by atoms with E-state index in [0.717, 1.165) is 0 Å². The number of hydrogen-bond acceptors (Lipinski definition) is 6. The van der Waals surface area contributed by atoms with Gasteiger partial charge in [-0.25, -0.2) is 9.59 Å². The lowest BCUT2D eigenvalue weighted by atomic mass is 9.95. The number of amides is 2. The topological polar surface area (TPSA) is 95.1 Å². The molecule has 1 heterocycles. The zero-order valence-electron chi connectivity index (χ0n) is 15.0. The van der Waals surface area contributed by atoms with Gasteiger partial charge in [0.25, 0.3) is 0 Å². The number of esters is 1. The molecule has 0 aliphatic carbocycles. The molecule has 148 valence electrons. The van der Waals surface area contributed by atoms with Gasteiger partial charge in [0.15, 0.2) is 11.5 Å². The van der Waals surface area contributed by atoms with Crippen LogP contribution in [-0.4, -0.2) is 46.0 Å². The largest absolute Gasteiger partial charge is 0.493 e. The third-order valence-electron chi connectivity index (χ3n) is 3.75. The lowest BCUT2D eigenvalue weighted by Crippen LogP contribution is -2.45. The standard InChI is InChI=1S/C17H20F2N2O6/c1-9-13(15(22)26-7-6-24-2)14(21-17(23)20-9)10-4-5-11(27-16(18)19)12(8-10)25-3/h4-5,8,14,16H,6-7H2,1-3H3,(H2,20,21,23)/t14-/m1/s1. The second kappa shape index (κ2) is 9.17. The molecule has 27 heavy (non-hydrogen) atoms. The van der Waals surface area contributed by atoms with Crippen LogP contribution in [0.15, 0.2) is 29.5 Å². The van der Waals surface area contributed by atoms with Crippen LogP contribution >= 0.6 is 0 Å². The number of halogens is 2. The number of ether oxygens (including phenoxy) is 4. The first kappa shape index (κ1) is 20.4.